The maximum atomic E-state index is 5.43. The van der Waals surface area contributed by atoms with E-state index in [2.05, 4.69) is 16.9 Å². The SMILES string of the molecule is COc1cccc(N=c2scc(C)n2CCC[NH+]2CCOCC2)c1. The van der Waals surface area contributed by atoms with E-state index in [0.29, 0.717) is 0 Å². The minimum atomic E-state index is 0.840. The first-order valence-electron chi connectivity index (χ1n) is 8.51. The molecule has 1 aromatic heterocycles. The maximum Gasteiger partial charge on any atom is 0.190 e. The van der Waals surface area contributed by atoms with Crippen LogP contribution in [0.5, 0.6) is 5.75 Å². The van der Waals surface area contributed by atoms with Crippen molar-refractivity contribution < 1.29 is 14.4 Å². The number of benzene rings is 1. The van der Waals surface area contributed by atoms with Crippen LogP contribution in [0.1, 0.15) is 12.1 Å². The number of hydrogen-bond acceptors (Lipinski definition) is 4. The minimum absolute atomic E-state index is 0.840. The van der Waals surface area contributed by atoms with Gasteiger partial charge in [-0.25, -0.2) is 4.99 Å². The Morgan fingerprint density at radius 2 is 2.17 bits per heavy atom. The minimum Gasteiger partial charge on any atom is -0.497 e. The number of hydrogen-bond donors (Lipinski definition) is 1. The average molecular weight is 348 g/mol. The molecule has 1 saturated heterocycles. The number of nitrogens with zero attached hydrogens (tertiary/aromatic N) is 2. The lowest BCUT2D eigenvalue weighted by atomic mass is 10.3. The number of aryl methyl sites for hydroxylation is 1. The van der Waals surface area contributed by atoms with Gasteiger partial charge in [0.05, 0.1) is 32.6 Å². The molecule has 0 spiro atoms. The predicted octanol–water partition coefficient (Wildman–Crippen LogP) is 1.40. The molecule has 0 aliphatic carbocycles. The molecule has 0 unspecified atom stereocenters. The molecule has 0 amide bonds. The van der Waals surface area contributed by atoms with Gasteiger partial charge in [0.15, 0.2) is 4.80 Å². The Hall–Kier alpha value is -1.63. The third-order valence-electron chi connectivity index (χ3n) is 4.38. The largest absolute Gasteiger partial charge is 0.497 e. The van der Waals surface area contributed by atoms with Gasteiger partial charge >= 0.3 is 0 Å². The van der Waals surface area contributed by atoms with E-state index in [1.165, 1.54) is 12.2 Å². The van der Waals surface area contributed by atoms with Gasteiger partial charge in [-0.3, -0.25) is 0 Å². The maximum absolute atomic E-state index is 5.43. The van der Waals surface area contributed by atoms with Crippen LogP contribution in [-0.2, 0) is 11.3 Å². The summed E-state index contributed by atoms with van der Waals surface area (Å²) in [5.74, 6) is 0.840. The van der Waals surface area contributed by atoms with E-state index < -0.39 is 0 Å². The molecule has 24 heavy (non-hydrogen) atoms. The van der Waals surface area contributed by atoms with Gasteiger partial charge in [-0.15, -0.1) is 11.3 Å². The third-order valence-corrected chi connectivity index (χ3v) is 5.36. The topological polar surface area (TPSA) is 40.2 Å². The van der Waals surface area contributed by atoms with Crippen LogP contribution in [0.15, 0.2) is 34.6 Å². The Morgan fingerprint density at radius 3 is 2.96 bits per heavy atom. The van der Waals surface area contributed by atoms with Gasteiger partial charge in [0.2, 0.25) is 0 Å². The summed E-state index contributed by atoms with van der Waals surface area (Å²) in [6, 6.07) is 7.90. The van der Waals surface area contributed by atoms with Crippen LogP contribution in [0.3, 0.4) is 0 Å². The molecule has 1 aromatic carbocycles. The summed E-state index contributed by atoms with van der Waals surface area (Å²) in [6.45, 7) is 8.44. The van der Waals surface area contributed by atoms with Crippen molar-refractivity contribution in [1.82, 2.24) is 4.57 Å². The van der Waals surface area contributed by atoms with Crippen molar-refractivity contribution >= 4 is 17.0 Å². The first kappa shape index (κ1) is 17.2. The van der Waals surface area contributed by atoms with Gasteiger partial charge < -0.3 is 18.9 Å². The third kappa shape index (κ3) is 4.47. The molecule has 2 heterocycles. The summed E-state index contributed by atoms with van der Waals surface area (Å²) >= 11 is 1.70. The van der Waals surface area contributed by atoms with E-state index in [1.807, 2.05) is 24.3 Å². The van der Waals surface area contributed by atoms with Crippen LogP contribution in [0.2, 0.25) is 0 Å². The summed E-state index contributed by atoms with van der Waals surface area (Å²) in [5, 5.41) is 2.18. The lowest BCUT2D eigenvalue weighted by Gasteiger charge is -2.23. The molecule has 1 N–H and O–H groups in total. The molecule has 0 atom stereocenters. The molecule has 1 aliphatic rings. The zero-order chi connectivity index (χ0) is 16.8. The van der Waals surface area contributed by atoms with Crippen molar-refractivity contribution in [3.8, 4) is 5.75 Å². The van der Waals surface area contributed by atoms with Crippen molar-refractivity contribution in [2.24, 2.45) is 4.99 Å². The second kappa shape index (κ2) is 8.46. The Bertz CT molecular complexity index is 717. The first-order valence-corrected chi connectivity index (χ1v) is 9.39. The fourth-order valence-corrected chi connectivity index (χ4v) is 3.89. The molecule has 5 nitrogen and oxygen atoms in total. The van der Waals surface area contributed by atoms with Crippen molar-refractivity contribution in [2.45, 2.75) is 19.9 Å². The smallest absolute Gasteiger partial charge is 0.190 e. The number of nitrogens with one attached hydrogen (secondary N) is 1. The zero-order valence-electron chi connectivity index (χ0n) is 14.5. The van der Waals surface area contributed by atoms with Crippen molar-refractivity contribution in [1.29, 1.82) is 0 Å². The molecule has 0 saturated carbocycles. The number of morpholine rings is 1. The highest BCUT2D eigenvalue weighted by atomic mass is 32.1. The van der Waals surface area contributed by atoms with E-state index in [4.69, 9.17) is 14.5 Å². The molecule has 1 fully saturated rings. The van der Waals surface area contributed by atoms with E-state index in [1.54, 1.807) is 23.3 Å². The van der Waals surface area contributed by atoms with Crippen LogP contribution >= 0.6 is 11.3 Å². The Labute approximate surface area is 147 Å². The number of aromatic nitrogens is 1. The number of thiazole rings is 1. The fraction of sp³-hybridized carbons (Fsp3) is 0.500. The van der Waals surface area contributed by atoms with Crippen LogP contribution in [0, 0.1) is 6.92 Å². The first-order chi connectivity index (χ1) is 11.8. The van der Waals surface area contributed by atoms with Gasteiger partial charge in [0.1, 0.15) is 18.8 Å². The fourth-order valence-electron chi connectivity index (χ4n) is 2.96. The molecular formula is C18H26N3O2S+. The highest BCUT2D eigenvalue weighted by Crippen LogP contribution is 2.19. The normalized spacial score (nSPS) is 16.5. The lowest BCUT2D eigenvalue weighted by molar-refractivity contribution is -0.908. The Kier molecular flexibility index (Phi) is 6.07. The summed E-state index contributed by atoms with van der Waals surface area (Å²) in [4.78, 5) is 7.52. The molecule has 3 rings (SSSR count). The highest BCUT2D eigenvalue weighted by molar-refractivity contribution is 7.07. The van der Waals surface area contributed by atoms with Crippen molar-refractivity contribution in [3.05, 3.63) is 40.1 Å². The van der Waals surface area contributed by atoms with Gasteiger partial charge in [0.25, 0.3) is 0 Å². The second-order valence-corrected chi connectivity index (χ2v) is 6.93. The van der Waals surface area contributed by atoms with E-state index in [9.17, 15) is 0 Å². The van der Waals surface area contributed by atoms with E-state index in [-0.39, 0.29) is 0 Å². The molecule has 6 heteroatoms. The lowest BCUT2D eigenvalue weighted by Crippen LogP contribution is -3.14. The molecule has 130 valence electrons. The number of methoxy groups -OCH3 is 1. The molecule has 2 aromatic rings. The van der Waals surface area contributed by atoms with Crippen molar-refractivity contribution in [3.63, 3.8) is 0 Å². The molecule has 0 radical (unpaired) electrons. The number of quaternary nitrogens is 1. The van der Waals surface area contributed by atoms with E-state index >= 15 is 0 Å². The van der Waals surface area contributed by atoms with Gasteiger partial charge in [0, 0.05) is 30.1 Å². The molecule has 0 bridgehead atoms. The van der Waals surface area contributed by atoms with Crippen molar-refractivity contribution in [2.75, 3.05) is 40.0 Å². The van der Waals surface area contributed by atoms with Gasteiger partial charge in [-0.1, -0.05) is 6.07 Å². The summed E-state index contributed by atoms with van der Waals surface area (Å²) < 4.78 is 13.0. The van der Waals surface area contributed by atoms with Crippen LogP contribution in [0.4, 0.5) is 5.69 Å². The van der Waals surface area contributed by atoms with Gasteiger partial charge in [-0.05, 0) is 19.1 Å². The quantitative estimate of drug-likeness (QED) is 0.857. The van der Waals surface area contributed by atoms with Crippen LogP contribution in [0.25, 0.3) is 0 Å². The standard InChI is InChI=1S/C18H25N3O2S/c1-15-14-24-18(19-16-5-3-6-17(13-16)22-2)21(15)8-4-7-20-9-11-23-12-10-20/h3,5-6,13-14H,4,7-12H2,1-2H3/p+1. The zero-order valence-corrected chi connectivity index (χ0v) is 15.3. The predicted molar refractivity (Wildman–Crippen MR) is 96.3 cm³/mol. The Morgan fingerprint density at radius 1 is 1.33 bits per heavy atom. The Balaban J connectivity index is 1.69. The number of rotatable bonds is 6. The second-order valence-electron chi connectivity index (χ2n) is 6.09. The summed E-state index contributed by atoms with van der Waals surface area (Å²) in [6.07, 6.45) is 1.16. The number of ether oxygens (including phenoxy) is 2. The molecule has 1 aliphatic heterocycles. The highest BCUT2D eigenvalue weighted by Gasteiger charge is 2.13. The average Bonchev–Trinajstić information content (AvgIpc) is 2.96. The van der Waals surface area contributed by atoms with Crippen LogP contribution in [-0.4, -0.2) is 44.5 Å². The summed E-state index contributed by atoms with van der Waals surface area (Å²) in [5.41, 5.74) is 2.21. The van der Waals surface area contributed by atoms with E-state index in [0.717, 1.165) is 55.5 Å². The van der Waals surface area contributed by atoms with Gasteiger partial charge in [-0.2, -0.15) is 0 Å². The van der Waals surface area contributed by atoms with Crippen LogP contribution < -0.4 is 14.4 Å². The monoisotopic (exact) mass is 348 g/mol. The summed E-state index contributed by atoms with van der Waals surface area (Å²) in [7, 11) is 1.68. The molecular weight excluding hydrogens is 322 g/mol.